The first-order valence-electron chi connectivity index (χ1n) is 6.22. The summed E-state index contributed by atoms with van der Waals surface area (Å²) < 4.78 is 5.65. The van der Waals surface area contributed by atoms with Gasteiger partial charge in [-0.05, 0) is 30.2 Å². The molecule has 0 spiro atoms. The summed E-state index contributed by atoms with van der Waals surface area (Å²) in [4.78, 5) is 0. The van der Waals surface area contributed by atoms with Gasteiger partial charge < -0.3 is 14.9 Å². The van der Waals surface area contributed by atoms with Crippen molar-refractivity contribution in [3.05, 3.63) is 65.7 Å². The third kappa shape index (κ3) is 3.56. The largest absolute Gasteiger partial charge is 0.489 e. The zero-order valence-corrected chi connectivity index (χ0v) is 10.9. The molecule has 1 unspecified atom stereocenters. The number of aliphatic hydroxyl groups is 2. The third-order valence-electron chi connectivity index (χ3n) is 3.03. The maximum Gasteiger partial charge on any atom is 0.119 e. The van der Waals surface area contributed by atoms with Crippen molar-refractivity contribution in [1.29, 1.82) is 0 Å². The van der Waals surface area contributed by atoms with E-state index in [0.29, 0.717) is 12.2 Å². The number of benzene rings is 2. The fraction of sp³-hybridized carbons (Fsp3) is 0.250. The van der Waals surface area contributed by atoms with Crippen LogP contribution in [0.2, 0.25) is 0 Å². The molecule has 0 saturated carbocycles. The highest BCUT2D eigenvalue weighted by Gasteiger charge is 2.21. The zero-order valence-electron chi connectivity index (χ0n) is 10.9. The molecule has 0 aliphatic heterocycles. The number of aliphatic hydroxyl groups excluding tert-OH is 1. The average Bonchev–Trinajstić information content (AvgIpc) is 2.47. The van der Waals surface area contributed by atoms with Crippen LogP contribution in [0, 0.1) is 0 Å². The normalized spacial score (nSPS) is 13.8. The van der Waals surface area contributed by atoms with Crippen LogP contribution >= 0.6 is 0 Å². The second-order valence-corrected chi connectivity index (χ2v) is 4.73. The Balaban J connectivity index is 2.00. The fourth-order valence-electron chi connectivity index (χ4n) is 1.74. The van der Waals surface area contributed by atoms with Crippen molar-refractivity contribution in [3.8, 4) is 5.75 Å². The van der Waals surface area contributed by atoms with Crippen molar-refractivity contribution in [1.82, 2.24) is 0 Å². The van der Waals surface area contributed by atoms with Gasteiger partial charge in [-0.15, -0.1) is 0 Å². The molecule has 19 heavy (non-hydrogen) atoms. The van der Waals surface area contributed by atoms with Gasteiger partial charge in [-0.2, -0.15) is 0 Å². The zero-order chi connectivity index (χ0) is 13.7. The molecule has 0 heterocycles. The van der Waals surface area contributed by atoms with E-state index in [1.165, 1.54) is 0 Å². The molecule has 2 aromatic carbocycles. The van der Waals surface area contributed by atoms with Gasteiger partial charge >= 0.3 is 0 Å². The van der Waals surface area contributed by atoms with Crippen LogP contribution in [-0.2, 0) is 12.2 Å². The quantitative estimate of drug-likeness (QED) is 0.866. The molecular formula is C16H18O3. The van der Waals surface area contributed by atoms with E-state index < -0.39 is 5.60 Å². The van der Waals surface area contributed by atoms with E-state index in [9.17, 15) is 5.11 Å². The predicted octanol–water partition coefficient (Wildman–Crippen LogP) is 2.47. The highest BCUT2D eigenvalue weighted by molar-refractivity contribution is 5.30. The molecule has 1 atom stereocenters. The van der Waals surface area contributed by atoms with Gasteiger partial charge in [0.1, 0.15) is 18.0 Å². The second-order valence-electron chi connectivity index (χ2n) is 4.73. The Morgan fingerprint density at radius 3 is 2.21 bits per heavy atom. The minimum absolute atomic E-state index is 0.308. The predicted molar refractivity (Wildman–Crippen MR) is 73.9 cm³/mol. The SMILES string of the molecule is CC(O)(CO)c1ccc(OCc2ccccc2)cc1. The Morgan fingerprint density at radius 1 is 1.00 bits per heavy atom. The molecule has 2 aromatic rings. The lowest BCUT2D eigenvalue weighted by Gasteiger charge is -2.21. The van der Waals surface area contributed by atoms with Crippen LogP contribution in [0.15, 0.2) is 54.6 Å². The van der Waals surface area contributed by atoms with Gasteiger partial charge in [0.15, 0.2) is 0 Å². The Labute approximate surface area is 113 Å². The highest BCUT2D eigenvalue weighted by atomic mass is 16.5. The highest BCUT2D eigenvalue weighted by Crippen LogP contribution is 2.22. The van der Waals surface area contributed by atoms with Crippen LogP contribution in [0.4, 0.5) is 0 Å². The molecule has 0 aliphatic rings. The Kier molecular flexibility index (Phi) is 4.20. The van der Waals surface area contributed by atoms with Crippen LogP contribution in [-0.4, -0.2) is 16.8 Å². The molecular weight excluding hydrogens is 240 g/mol. The minimum Gasteiger partial charge on any atom is -0.489 e. The summed E-state index contributed by atoms with van der Waals surface area (Å²) >= 11 is 0. The molecule has 2 rings (SSSR count). The molecule has 3 heteroatoms. The fourth-order valence-corrected chi connectivity index (χ4v) is 1.74. The lowest BCUT2D eigenvalue weighted by Crippen LogP contribution is -2.25. The minimum atomic E-state index is -1.21. The van der Waals surface area contributed by atoms with E-state index >= 15 is 0 Å². The maximum absolute atomic E-state index is 9.90. The molecule has 0 fully saturated rings. The Hall–Kier alpha value is -1.84. The molecule has 0 amide bonds. The maximum atomic E-state index is 9.90. The first-order valence-corrected chi connectivity index (χ1v) is 6.22. The van der Waals surface area contributed by atoms with E-state index in [-0.39, 0.29) is 6.61 Å². The van der Waals surface area contributed by atoms with Gasteiger partial charge in [0.2, 0.25) is 0 Å². The summed E-state index contributed by atoms with van der Waals surface area (Å²) in [6, 6.07) is 17.0. The summed E-state index contributed by atoms with van der Waals surface area (Å²) in [5.74, 6) is 0.737. The lowest BCUT2D eigenvalue weighted by molar-refractivity contribution is -0.00231. The van der Waals surface area contributed by atoms with Gasteiger partial charge in [-0.25, -0.2) is 0 Å². The summed E-state index contributed by atoms with van der Waals surface area (Å²) in [6.07, 6.45) is 0. The van der Waals surface area contributed by atoms with Crippen LogP contribution < -0.4 is 4.74 Å². The van der Waals surface area contributed by atoms with Crippen molar-refractivity contribution in [2.45, 2.75) is 19.1 Å². The van der Waals surface area contributed by atoms with Crippen molar-refractivity contribution in [2.24, 2.45) is 0 Å². The molecule has 3 nitrogen and oxygen atoms in total. The first kappa shape index (κ1) is 13.6. The van der Waals surface area contributed by atoms with Crippen molar-refractivity contribution in [2.75, 3.05) is 6.61 Å². The Bertz CT molecular complexity index is 503. The lowest BCUT2D eigenvalue weighted by atomic mass is 9.97. The molecule has 100 valence electrons. The standard InChI is InChI=1S/C16H18O3/c1-16(18,12-17)14-7-9-15(10-8-14)19-11-13-5-3-2-4-6-13/h2-10,17-18H,11-12H2,1H3. The molecule has 0 aliphatic carbocycles. The second kappa shape index (κ2) is 5.87. The number of hydrogen-bond donors (Lipinski definition) is 2. The summed E-state index contributed by atoms with van der Waals surface area (Å²) in [5.41, 5.74) is 0.564. The smallest absolute Gasteiger partial charge is 0.119 e. The number of hydrogen-bond acceptors (Lipinski definition) is 3. The number of rotatable bonds is 5. The molecule has 0 saturated heterocycles. The average molecular weight is 258 g/mol. The van der Waals surface area contributed by atoms with Crippen LogP contribution in [0.25, 0.3) is 0 Å². The van der Waals surface area contributed by atoms with Crippen molar-refractivity contribution < 1.29 is 14.9 Å². The van der Waals surface area contributed by atoms with Crippen LogP contribution in [0.5, 0.6) is 5.75 Å². The van der Waals surface area contributed by atoms with Gasteiger partial charge in [-0.1, -0.05) is 42.5 Å². The molecule has 0 bridgehead atoms. The van der Waals surface area contributed by atoms with Gasteiger partial charge in [0.05, 0.1) is 6.61 Å². The van der Waals surface area contributed by atoms with Crippen molar-refractivity contribution in [3.63, 3.8) is 0 Å². The number of ether oxygens (including phenoxy) is 1. The van der Waals surface area contributed by atoms with E-state index in [1.54, 1.807) is 31.2 Å². The van der Waals surface area contributed by atoms with E-state index in [0.717, 1.165) is 11.3 Å². The topological polar surface area (TPSA) is 49.7 Å². The monoisotopic (exact) mass is 258 g/mol. The molecule has 2 N–H and O–H groups in total. The summed E-state index contributed by atoms with van der Waals surface area (Å²) in [7, 11) is 0. The van der Waals surface area contributed by atoms with E-state index in [2.05, 4.69) is 0 Å². The third-order valence-corrected chi connectivity index (χ3v) is 3.03. The first-order chi connectivity index (χ1) is 9.12. The summed E-state index contributed by atoms with van der Waals surface area (Å²) in [6.45, 7) is 1.78. The van der Waals surface area contributed by atoms with E-state index in [1.807, 2.05) is 30.3 Å². The van der Waals surface area contributed by atoms with Gasteiger partial charge in [0, 0.05) is 0 Å². The van der Waals surface area contributed by atoms with Crippen LogP contribution in [0.3, 0.4) is 0 Å². The summed E-state index contributed by atoms with van der Waals surface area (Å²) in [5, 5.41) is 19.0. The van der Waals surface area contributed by atoms with Crippen LogP contribution in [0.1, 0.15) is 18.1 Å². The van der Waals surface area contributed by atoms with Gasteiger partial charge in [0.25, 0.3) is 0 Å². The molecule has 0 radical (unpaired) electrons. The van der Waals surface area contributed by atoms with Gasteiger partial charge in [-0.3, -0.25) is 0 Å². The van der Waals surface area contributed by atoms with Crippen molar-refractivity contribution >= 4 is 0 Å². The molecule has 0 aromatic heterocycles. The van der Waals surface area contributed by atoms with E-state index in [4.69, 9.17) is 9.84 Å². The Morgan fingerprint density at radius 2 is 1.63 bits per heavy atom.